The van der Waals surface area contributed by atoms with Crippen molar-refractivity contribution >= 4 is 68.3 Å². The Morgan fingerprint density at radius 1 is 1.00 bits per heavy atom. The van der Waals surface area contributed by atoms with Crippen molar-refractivity contribution < 1.29 is 14.0 Å². The van der Waals surface area contributed by atoms with Crippen LogP contribution in [0.4, 0.5) is 11.4 Å². The van der Waals surface area contributed by atoms with Crippen molar-refractivity contribution in [2.45, 2.75) is 6.42 Å². The summed E-state index contributed by atoms with van der Waals surface area (Å²) in [6.07, 6.45) is 0.113. The van der Waals surface area contributed by atoms with E-state index in [0.717, 1.165) is 16.4 Å². The summed E-state index contributed by atoms with van der Waals surface area (Å²) in [5, 5.41) is 5.60. The highest BCUT2D eigenvalue weighted by molar-refractivity contribution is 6.44. The number of carbonyl (C=O) groups excluding carboxylic acids is 2. The number of amides is 2. The molecule has 150 valence electrons. The molecule has 0 radical (unpaired) electrons. The van der Waals surface area contributed by atoms with Crippen LogP contribution in [0, 0.1) is 5.92 Å². The van der Waals surface area contributed by atoms with Gasteiger partial charge in [-0.25, -0.2) is 0 Å². The Morgan fingerprint density at radius 3 is 2.67 bits per heavy atom. The molecule has 1 aromatic heterocycles. The van der Waals surface area contributed by atoms with Gasteiger partial charge in [0, 0.05) is 35.5 Å². The molecule has 2 amide bonds. The summed E-state index contributed by atoms with van der Waals surface area (Å²) in [5.74, 6) is -0.870. The number of para-hydroxylation sites is 1. The summed E-state index contributed by atoms with van der Waals surface area (Å²) in [4.78, 5) is 26.8. The maximum atomic E-state index is 12.8. The number of nitrogens with zero attached hydrogens (tertiary/aromatic N) is 1. The Bertz CT molecular complexity index is 1310. The van der Waals surface area contributed by atoms with E-state index in [1.165, 1.54) is 4.90 Å². The van der Waals surface area contributed by atoms with E-state index in [1.807, 2.05) is 36.4 Å². The maximum Gasteiger partial charge on any atom is 0.229 e. The Balaban J connectivity index is 1.36. The number of benzene rings is 3. The summed E-state index contributed by atoms with van der Waals surface area (Å²) < 4.78 is 5.88. The standard InChI is InChI=1S/C23H16Cl2N2O3/c24-17-5-3-6-18(22(17)25)27-12-13(10-21(27)28)23(29)26-14-8-9-16-15-4-1-2-7-19(15)30-20(16)11-14/h1-9,11,13H,10,12H2,(H,26,29)/t13-/m0/s1. The predicted octanol–water partition coefficient (Wildman–Crippen LogP) is 5.88. The van der Waals surface area contributed by atoms with Crippen molar-refractivity contribution in [1.29, 1.82) is 0 Å². The SMILES string of the molecule is O=C(Nc1ccc2c(c1)oc1ccccc12)[C@H]1CC(=O)N(c2cccc(Cl)c2Cl)C1. The highest BCUT2D eigenvalue weighted by atomic mass is 35.5. The fourth-order valence-electron chi connectivity index (χ4n) is 3.86. The van der Waals surface area contributed by atoms with E-state index in [2.05, 4.69) is 5.32 Å². The van der Waals surface area contributed by atoms with Crippen LogP contribution in [0.2, 0.25) is 10.0 Å². The molecule has 5 rings (SSSR count). The van der Waals surface area contributed by atoms with E-state index < -0.39 is 5.92 Å². The first-order valence-corrected chi connectivity index (χ1v) is 10.2. The predicted molar refractivity (Wildman–Crippen MR) is 119 cm³/mol. The molecule has 1 atom stereocenters. The van der Waals surface area contributed by atoms with Crippen molar-refractivity contribution in [2.24, 2.45) is 5.92 Å². The Labute approximate surface area is 182 Å². The molecule has 3 aromatic carbocycles. The first-order valence-electron chi connectivity index (χ1n) is 9.48. The van der Waals surface area contributed by atoms with Gasteiger partial charge in [0.25, 0.3) is 0 Å². The van der Waals surface area contributed by atoms with Gasteiger partial charge in [0.2, 0.25) is 11.8 Å². The van der Waals surface area contributed by atoms with Gasteiger partial charge < -0.3 is 14.6 Å². The van der Waals surface area contributed by atoms with Crippen molar-refractivity contribution in [2.75, 3.05) is 16.8 Å². The monoisotopic (exact) mass is 438 g/mol. The van der Waals surface area contributed by atoms with E-state index in [0.29, 0.717) is 27.0 Å². The van der Waals surface area contributed by atoms with Crippen molar-refractivity contribution in [3.05, 3.63) is 70.7 Å². The topological polar surface area (TPSA) is 62.6 Å². The summed E-state index contributed by atoms with van der Waals surface area (Å²) in [5.41, 5.74) is 2.64. The molecule has 0 aliphatic carbocycles. The molecule has 4 aromatic rings. The number of carbonyl (C=O) groups is 2. The van der Waals surface area contributed by atoms with Crippen LogP contribution in [0.25, 0.3) is 21.9 Å². The summed E-state index contributed by atoms with van der Waals surface area (Å²) >= 11 is 12.3. The molecule has 0 saturated carbocycles. The largest absolute Gasteiger partial charge is 0.456 e. The lowest BCUT2D eigenvalue weighted by molar-refractivity contribution is -0.122. The summed E-state index contributed by atoms with van der Waals surface area (Å²) in [6, 6.07) is 18.5. The van der Waals surface area contributed by atoms with Gasteiger partial charge in [0.1, 0.15) is 11.2 Å². The first-order chi connectivity index (χ1) is 14.5. The number of fused-ring (bicyclic) bond motifs is 3. The molecule has 2 heterocycles. The van der Waals surface area contributed by atoms with Gasteiger partial charge in [-0.1, -0.05) is 47.5 Å². The third-order valence-electron chi connectivity index (χ3n) is 5.36. The average Bonchev–Trinajstić information content (AvgIpc) is 3.30. The minimum absolute atomic E-state index is 0.113. The van der Waals surface area contributed by atoms with Crippen LogP contribution in [0.15, 0.2) is 65.1 Å². The van der Waals surface area contributed by atoms with Crippen LogP contribution in [-0.4, -0.2) is 18.4 Å². The van der Waals surface area contributed by atoms with Crippen LogP contribution in [-0.2, 0) is 9.59 Å². The zero-order valence-electron chi connectivity index (χ0n) is 15.7. The molecule has 7 heteroatoms. The second kappa shape index (κ2) is 7.35. The van der Waals surface area contributed by atoms with Crippen molar-refractivity contribution in [1.82, 2.24) is 0 Å². The lowest BCUT2D eigenvalue weighted by Gasteiger charge is -2.18. The molecule has 5 nitrogen and oxygen atoms in total. The highest BCUT2D eigenvalue weighted by Gasteiger charge is 2.36. The number of hydrogen-bond acceptors (Lipinski definition) is 3. The van der Waals surface area contributed by atoms with Crippen LogP contribution < -0.4 is 10.2 Å². The third-order valence-corrected chi connectivity index (χ3v) is 6.17. The zero-order chi connectivity index (χ0) is 20.8. The van der Waals surface area contributed by atoms with Gasteiger partial charge in [-0.05, 0) is 30.3 Å². The Hall–Kier alpha value is -3.02. The van der Waals surface area contributed by atoms with Crippen LogP contribution in [0.5, 0.6) is 0 Å². The molecule has 1 N–H and O–H groups in total. The molecule has 30 heavy (non-hydrogen) atoms. The average molecular weight is 439 g/mol. The number of nitrogens with one attached hydrogen (secondary N) is 1. The quantitative estimate of drug-likeness (QED) is 0.433. The smallest absolute Gasteiger partial charge is 0.229 e. The second-order valence-electron chi connectivity index (χ2n) is 7.28. The summed E-state index contributed by atoms with van der Waals surface area (Å²) in [7, 11) is 0. The number of rotatable bonds is 3. The van der Waals surface area contributed by atoms with Crippen LogP contribution in [0.3, 0.4) is 0 Å². The molecule has 1 saturated heterocycles. The van der Waals surface area contributed by atoms with Crippen molar-refractivity contribution in [3.8, 4) is 0 Å². The molecular weight excluding hydrogens is 423 g/mol. The van der Waals surface area contributed by atoms with E-state index in [9.17, 15) is 9.59 Å². The molecule has 1 aliphatic rings. The number of hydrogen-bond donors (Lipinski definition) is 1. The van der Waals surface area contributed by atoms with Gasteiger partial charge in [0.15, 0.2) is 0 Å². The van der Waals surface area contributed by atoms with Gasteiger partial charge in [-0.2, -0.15) is 0 Å². The minimum Gasteiger partial charge on any atom is -0.456 e. The highest BCUT2D eigenvalue weighted by Crippen LogP contribution is 2.36. The van der Waals surface area contributed by atoms with Gasteiger partial charge in [-0.3, -0.25) is 9.59 Å². The fourth-order valence-corrected chi connectivity index (χ4v) is 4.26. The molecule has 1 fully saturated rings. The van der Waals surface area contributed by atoms with E-state index in [-0.39, 0.29) is 24.8 Å². The van der Waals surface area contributed by atoms with Crippen molar-refractivity contribution in [3.63, 3.8) is 0 Å². The number of anilines is 2. The molecule has 0 unspecified atom stereocenters. The van der Waals surface area contributed by atoms with Gasteiger partial charge in [-0.15, -0.1) is 0 Å². The molecule has 0 bridgehead atoms. The third kappa shape index (κ3) is 3.20. The van der Waals surface area contributed by atoms with Gasteiger partial charge in [0.05, 0.1) is 21.7 Å². The first kappa shape index (κ1) is 19.0. The fraction of sp³-hybridized carbons (Fsp3) is 0.130. The normalized spacial score (nSPS) is 16.5. The van der Waals surface area contributed by atoms with E-state index in [1.54, 1.807) is 24.3 Å². The van der Waals surface area contributed by atoms with Crippen LogP contribution >= 0.6 is 23.2 Å². The lowest BCUT2D eigenvalue weighted by Crippen LogP contribution is -2.28. The van der Waals surface area contributed by atoms with E-state index >= 15 is 0 Å². The molecule has 1 aliphatic heterocycles. The minimum atomic E-state index is -0.487. The molecular formula is C23H16Cl2N2O3. The lowest BCUT2D eigenvalue weighted by atomic mass is 10.1. The number of furan rings is 1. The summed E-state index contributed by atoms with van der Waals surface area (Å²) in [6.45, 7) is 0.248. The maximum absolute atomic E-state index is 12.8. The Kier molecular flexibility index (Phi) is 4.65. The van der Waals surface area contributed by atoms with Gasteiger partial charge >= 0.3 is 0 Å². The molecule has 0 spiro atoms. The second-order valence-corrected chi connectivity index (χ2v) is 8.06. The Morgan fingerprint density at radius 2 is 1.80 bits per heavy atom. The van der Waals surface area contributed by atoms with Crippen LogP contribution in [0.1, 0.15) is 6.42 Å². The zero-order valence-corrected chi connectivity index (χ0v) is 17.2. The number of halogens is 2. The van der Waals surface area contributed by atoms with E-state index in [4.69, 9.17) is 27.6 Å².